The highest BCUT2D eigenvalue weighted by molar-refractivity contribution is 6.34. The fourth-order valence-electron chi connectivity index (χ4n) is 2.43. The fraction of sp³-hybridized carbons (Fsp3) is 0.429. The zero-order valence-electron chi connectivity index (χ0n) is 11.7. The predicted molar refractivity (Wildman–Crippen MR) is 86.9 cm³/mol. The first kappa shape index (κ1) is 17.8. The van der Waals surface area contributed by atoms with Crippen LogP contribution in [0, 0.1) is 5.92 Å². The molecule has 2 rings (SSSR count). The maximum atomic E-state index is 12.1. The minimum absolute atomic E-state index is 0. The topological polar surface area (TPSA) is 84.2 Å². The van der Waals surface area contributed by atoms with Crippen LogP contribution in [0.3, 0.4) is 0 Å². The lowest BCUT2D eigenvalue weighted by molar-refractivity contribution is -0.120. The summed E-state index contributed by atoms with van der Waals surface area (Å²) in [6.07, 6.45) is 2.70. The number of nitrogens with one attached hydrogen (secondary N) is 2. The van der Waals surface area contributed by atoms with E-state index in [1.54, 1.807) is 18.2 Å². The van der Waals surface area contributed by atoms with E-state index in [0.29, 0.717) is 16.4 Å². The molecule has 0 radical (unpaired) electrons. The van der Waals surface area contributed by atoms with E-state index in [4.69, 9.17) is 17.3 Å². The molecule has 1 aromatic carbocycles. The molecule has 0 heterocycles. The van der Waals surface area contributed by atoms with Gasteiger partial charge < -0.3 is 16.4 Å². The number of carbonyl (C=O) groups is 2. The third-order valence-corrected chi connectivity index (χ3v) is 3.77. The monoisotopic (exact) mass is 331 g/mol. The largest absolute Gasteiger partial charge is 0.327 e. The van der Waals surface area contributed by atoms with E-state index >= 15 is 0 Å². The number of benzene rings is 1. The average Bonchev–Trinajstić information content (AvgIpc) is 2.78. The quantitative estimate of drug-likeness (QED) is 0.796. The minimum Gasteiger partial charge on any atom is -0.327 e. The Morgan fingerprint density at radius 1 is 1.29 bits per heavy atom. The zero-order chi connectivity index (χ0) is 14.7. The van der Waals surface area contributed by atoms with Gasteiger partial charge in [0.05, 0.1) is 16.6 Å². The van der Waals surface area contributed by atoms with Crippen LogP contribution in [0.15, 0.2) is 18.2 Å². The molecule has 1 aliphatic rings. The molecule has 2 atom stereocenters. The van der Waals surface area contributed by atoms with Crippen LogP contribution in [-0.4, -0.2) is 17.9 Å². The molecule has 4 N–H and O–H groups in total. The fourth-order valence-corrected chi connectivity index (χ4v) is 2.66. The van der Waals surface area contributed by atoms with Gasteiger partial charge in [-0.2, -0.15) is 0 Å². The molecule has 1 fully saturated rings. The van der Waals surface area contributed by atoms with E-state index in [0.717, 1.165) is 19.3 Å². The summed E-state index contributed by atoms with van der Waals surface area (Å²) in [7, 11) is 0. The van der Waals surface area contributed by atoms with E-state index in [1.807, 2.05) is 0 Å². The molecule has 1 saturated carbocycles. The molecule has 0 aliphatic heterocycles. The lowest BCUT2D eigenvalue weighted by Gasteiger charge is -2.15. The van der Waals surface area contributed by atoms with Crippen LogP contribution in [0.1, 0.15) is 26.2 Å². The van der Waals surface area contributed by atoms with E-state index < -0.39 is 0 Å². The molecule has 2 unspecified atom stereocenters. The van der Waals surface area contributed by atoms with E-state index in [9.17, 15) is 9.59 Å². The van der Waals surface area contributed by atoms with Gasteiger partial charge in [-0.1, -0.05) is 18.0 Å². The van der Waals surface area contributed by atoms with E-state index in [-0.39, 0.29) is 36.2 Å². The molecule has 0 saturated heterocycles. The molecule has 0 bridgehead atoms. The maximum absolute atomic E-state index is 12.1. The first-order chi connectivity index (χ1) is 9.47. The molecule has 2 amide bonds. The highest BCUT2D eigenvalue weighted by Crippen LogP contribution is 2.28. The number of amides is 2. The van der Waals surface area contributed by atoms with Crippen molar-refractivity contribution in [3.05, 3.63) is 23.2 Å². The summed E-state index contributed by atoms with van der Waals surface area (Å²) < 4.78 is 0. The predicted octanol–water partition coefficient (Wildman–Crippen LogP) is 2.79. The highest BCUT2D eigenvalue weighted by Gasteiger charge is 2.30. The number of nitrogens with two attached hydrogens (primary N) is 1. The van der Waals surface area contributed by atoms with E-state index in [1.165, 1.54) is 6.92 Å². The molecule has 21 heavy (non-hydrogen) atoms. The van der Waals surface area contributed by atoms with Gasteiger partial charge in [-0.3, -0.25) is 9.59 Å². The summed E-state index contributed by atoms with van der Waals surface area (Å²) in [6, 6.07) is 4.92. The normalized spacial score (nSPS) is 20.5. The minimum atomic E-state index is -0.194. The molecule has 1 aliphatic carbocycles. The highest BCUT2D eigenvalue weighted by atomic mass is 35.5. The molecule has 0 aromatic heterocycles. The third-order valence-electron chi connectivity index (χ3n) is 3.45. The molecule has 0 spiro atoms. The second-order valence-electron chi connectivity index (χ2n) is 5.07. The molecule has 1 aromatic rings. The Morgan fingerprint density at radius 3 is 2.52 bits per heavy atom. The number of halogens is 2. The average molecular weight is 332 g/mol. The van der Waals surface area contributed by atoms with Crippen LogP contribution < -0.4 is 16.4 Å². The molecule has 7 heteroatoms. The first-order valence-electron chi connectivity index (χ1n) is 6.61. The number of hydrogen-bond acceptors (Lipinski definition) is 3. The Balaban J connectivity index is 0.00000220. The maximum Gasteiger partial charge on any atom is 0.229 e. The van der Waals surface area contributed by atoms with Crippen molar-refractivity contribution < 1.29 is 9.59 Å². The van der Waals surface area contributed by atoms with Crippen LogP contribution in [0.5, 0.6) is 0 Å². The van der Waals surface area contributed by atoms with Crippen LogP contribution in [0.4, 0.5) is 11.4 Å². The van der Waals surface area contributed by atoms with Gasteiger partial charge >= 0.3 is 0 Å². The van der Waals surface area contributed by atoms with Gasteiger partial charge in [-0.05, 0) is 31.0 Å². The van der Waals surface area contributed by atoms with Gasteiger partial charge in [-0.25, -0.2) is 0 Å². The number of carbonyl (C=O) groups excluding carboxylic acids is 2. The van der Waals surface area contributed by atoms with Crippen molar-refractivity contribution in [2.75, 3.05) is 10.6 Å². The summed E-state index contributed by atoms with van der Waals surface area (Å²) >= 11 is 6.05. The van der Waals surface area contributed by atoms with Crippen molar-refractivity contribution in [2.24, 2.45) is 11.7 Å². The second-order valence-corrected chi connectivity index (χ2v) is 5.47. The number of hydrogen-bond donors (Lipinski definition) is 3. The first-order valence-corrected chi connectivity index (χ1v) is 6.99. The van der Waals surface area contributed by atoms with Crippen LogP contribution >= 0.6 is 24.0 Å². The summed E-state index contributed by atoms with van der Waals surface area (Å²) in [5.41, 5.74) is 7.04. The summed E-state index contributed by atoms with van der Waals surface area (Å²) in [4.78, 5) is 23.1. The smallest absolute Gasteiger partial charge is 0.229 e. The Labute approximate surface area is 135 Å². The van der Waals surface area contributed by atoms with Crippen molar-refractivity contribution in [1.29, 1.82) is 0 Å². The Kier molecular flexibility index (Phi) is 6.45. The molecule has 116 valence electrons. The van der Waals surface area contributed by atoms with Crippen molar-refractivity contribution >= 4 is 47.2 Å². The van der Waals surface area contributed by atoms with Crippen molar-refractivity contribution in [3.63, 3.8) is 0 Å². The van der Waals surface area contributed by atoms with Gasteiger partial charge in [0.2, 0.25) is 11.8 Å². The number of rotatable bonds is 3. The summed E-state index contributed by atoms with van der Waals surface area (Å²) in [6.45, 7) is 1.41. The van der Waals surface area contributed by atoms with Crippen molar-refractivity contribution in [2.45, 2.75) is 32.2 Å². The lowest BCUT2D eigenvalue weighted by atomic mass is 10.0. The van der Waals surface area contributed by atoms with Gasteiger partial charge in [-0.15, -0.1) is 12.4 Å². The van der Waals surface area contributed by atoms with Crippen LogP contribution in [0.2, 0.25) is 5.02 Å². The summed E-state index contributed by atoms with van der Waals surface area (Å²) in [5.74, 6) is -0.400. The van der Waals surface area contributed by atoms with Gasteiger partial charge in [0.1, 0.15) is 0 Å². The lowest BCUT2D eigenvalue weighted by Crippen LogP contribution is -2.34. The number of anilines is 2. The zero-order valence-corrected chi connectivity index (χ0v) is 13.3. The second kappa shape index (κ2) is 7.64. The van der Waals surface area contributed by atoms with Gasteiger partial charge in [0.15, 0.2) is 0 Å². The SMILES string of the molecule is CC(=O)Nc1ccc(NC(=O)C2CCCC2N)cc1Cl.Cl. The van der Waals surface area contributed by atoms with Crippen molar-refractivity contribution in [3.8, 4) is 0 Å². The standard InChI is InChI=1S/C14H18ClN3O2.ClH/c1-8(19)17-13-6-5-9(7-11(13)15)18-14(20)10-3-2-4-12(10)16;/h5-7,10,12H,2-4,16H2,1H3,(H,17,19)(H,18,20);1H. The molecular weight excluding hydrogens is 313 g/mol. The molecule has 5 nitrogen and oxygen atoms in total. The van der Waals surface area contributed by atoms with E-state index in [2.05, 4.69) is 10.6 Å². The van der Waals surface area contributed by atoms with Crippen LogP contribution in [-0.2, 0) is 9.59 Å². The molecular formula is C14H19Cl2N3O2. The third kappa shape index (κ3) is 4.59. The van der Waals surface area contributed by atoms with Crippen molar-refractivity contribution in [1.82, 2.24) is 0 Å². The Morgan fingerprint density at radius 2 is 2.00 bits per heavy atom. The Hall–Kier alpha value is -1.30. The van der Waals surface area contributed by atoms with Gasteiger partial charge in [0.25, 0.3) is 0 Å². The summed E-state index contributed by atoms with van der Waals surface area (Å²) in [5, 5.41) is 5.81. The Bertz CT molecular complexity index is 537. The van der Waals surface area contributed by atoms with Gasteiger partial charge in [0, 0.05) is 18.7 Å². The van der Waals surface area contributed by atoms with Crippen LogP contribution in [0.25, 0.3) is 0 Å².